The van der Waals surface area contributed by atoms with Crippen molar-refractivity contribution in [3.8, 4) is 0 Å². The highest BCUT2D eigenvalue weighted by Gasteiger charge is 2.33. The summed E-state index contributed by atoms with van der Waals surface area (Å²) in [5.41, 5.74) is 0. The number of piperidine rings is 1. The lowest BCUT2D eigenvalue weighted by Gasteiger charge is -2.35. The van der Waals surface area contributed by atoms with Crippen LogP contribution in [-0.4, -0.2) is 67.8 Å². The number of hydrogen-bond donors (Lipinski definition) is 1. The Morgan fingerprint density at radius 1 is 1.15 bits per heavy atom. The molecule has 0 aromatic rings. The van der Waals surface area contributed by atoms with E-state index in [2.05, 4.69) is 12.2 Å². The van der Waals surface area contributed by atoms with Gasteiger partial charge >= 0.3 is 0 Å². The molecule has 5 nitrogen and oxygen atoms in total. The highest BCUT2D eigenvalue weighted by atomic mass is 32.2. The lowest BCUT2D eigenvalue weighted by Crippen LogP contribution is -2.49. The molecule has 0 bridgehead atoms. The van der Waals surface area contributed by atoms with E-state index in [0.29, 0.717) is 32.1 Å². The second-order valence-corrected chi connectivity index (χ2v) is 8.70. The zero-order valence-corrected chi connectivity index (χ0v) is 14.0. The summed E-state index contributed by atoms with van der Waals surface area (Å²) >= 11 is 1.86. The molecule has 0 saturated carbocycles. The first-order valence-corrected chi connectivity index (χ1v) is 10.2. The molecule has 20 heavy (non-hydrogen) atoms. The number of nitrogens with zero attached hydrogens (tertiary/aromatic N) is 2. The van der Waals surface area contributed by atoms with E-state index in [1.54, 1.807) is 8.61 Å². The molecule has 1 unspecified atom stereocenters. The molecule has 118 valence electrons. The molecular formula is C13H27N3O2S2. The lowest BCUT2D eigenvalue weighted by molar-refractivity contribution is 0.244. The van der Waals surface area contributed by atoms with Gasteiger partial charge in [0, 0.05) is 31.9 Å². The number of nitrogens with one attached hydrogen (secondary N) is 1. The van der Waals surface area contributed by atoms with E-state index in [-0.39, 0.29) is 0 Å². The van der Waals surface area contributed by atoms with Crippen LogP contribution < -0.4 is 5.32 Å². The van der Waals surface area contributed by atoms with Crippen LogP contribution in [0.3, 0.4) is 0 Å². The van der Waals surface area contributed by atoms with Crippen molar-refractivity contribution in [2.24, 2.45) is 5.92 Å². The highest BCUT2D eigenvalue weighted by Crippen LogP contribution is 2.22. The van der Waals surface area contributed by atoms with E-state index in [0.717, 1.165) is 43.9 Å². The molecule has 2 aliphatic heterocycles. The van der Waals surface area contributed by atoms with E-state index in [4.69, 9.17) is 0 Å². The second-order valence-electron chi connectivity index (χ2n) is 5.55. The van der Waals surface area contributed by atoms with Gasteiger partial charge in [0.25, 0.3) is 10.2 Å². The van der Waals surface area contributed by atoms with Crippen LogP contribution in [0, 0.1) is 5.92 Å². The van der Waals surface area contributed by atoms with E-state index in [1.807, 2.05) is 11.8 Å². The minimum absolute atomic E-state index is 0.458. The highest BCUT2D eigenvalue weighted by molar-refractivity contribution is 7.99. The molecule has 2 heterocycles. The molecule has 0 radical (unpaired) electrons. The molecule has 2 rings (SSSR count). The molecule has 0 amide bonds. The standard InChI is InChI=1S/C13H27N3O2S2/c1-2-14-11-13-5-3-6-16(12-13)20(17,18)15-7-4-9-19-10-8-15/h13-14H,2-12H2,1H3. The van der Waals surface area contributed by atoms with Crippen molar-refractivity contribution in [3.63, 3.8) is 0 Å². The Hall–Kier alpha value is 0.180. The van der Waals surface area contributed by atoms with Crippen molar-refractivity contribution in [2.75, 3.05) is 50.8 Å². The summed E-state index contributed by atoms with van der Waals surface area (Å²) in [4.78, 5) is 0. The molecule has 0 aliphatic carbocycles. The largest absolute Gasteiger partial charge is 0.317 e. The predicted octanol–water partition coefficient (Wildman–Crippen LogP) is 0.992. The third kappa shape index (κ3) is 4.34. The molecule has 7 heteroatoms. The normalized spacial score (nSPS) is 27.4. The van der Waals surface area contributed by atoms with E-state index in [1.165, 1.54) is 0 Å². The van der Waals surface area contributed by atoms with Crippen molar-refractivity contribution in [1.29, 1.82) is 0 Å². The molecule has 0 spiro atoms. The molecule has 1 atom stereocenters. The van der Waals surface area contributed by atoms with E-state index in [9.17, 15) is 8.42 Å². The summed E-state index contributed by atoms with van der Waals surface area (Å²) in [6.07, 6.45) is 3.09. The summed E-state index contributed by atoms with van der Waals surface area (Å²) in [7, 11) is -3.24. The summed E-state index contributed by atoms with van der Waals surface area (Å²) in [6, 6.07) is 0. The molecule has 0 aromatic carbocycles. The van der Waals surface area contributed by atoms with Gasteiger partial charge in [-0.15, -0.1) is 0 Å². The first kappa shape index (κ1) is 16.5. The fourth-order valence-corrected chi connectivity index (χ4v) is 5.64. The van der Waals surface area contributed by atoms with Gasteiger partial charge in [-0.3, -0.25) is 0 Å². The van der Waals surface area contributed by atoms with Crippen molar-refractivity contribution in [2.45, 2.75) is 26.2 Å². The van der Waals surface area contributed by atoms with Gasteiger partial charge in [-0.25, -0.2) is 0 Å². The summed E-state index contributed by atoms with van der Waals surface area (Å²) < 4.78 is 28.9. The van der Waals surface area contributed by atoms with Gasteiger partial charge in [0.05, 0.1) is 0 Å². The minimum atomic E-state index is -3.24. The maximum absolute atomic E-state index is 12.7. The molecular weight excluding hydrogens is 294 g/mol. The summed E-state index contributed by atoms with van der Waals surface area (Å²) in [5.74, 6) is 2.46. The quantitative estimate of drug-likeness (QED) is 0.820. The van der Waals surface area contributed by atoms with Gasteiger partial charge in [0.2, 0.25) is 0 Å². The molecule has 2 saturated heterocycles. The van der Waals surface area contributed by atoms with Crippen LogP contribution in [0.1, 0.15) is 26.2 Å². The maximum Gasteiger partial charge on any atom is 0.282 e. The monoisotopic (exact) mass is 321 g/mol. The average Bonchev–Trinajstić information content (AvgIpc) is 2.75. The van der Waals surface area contributed by atoms with Gasteiger partial charge < -0.3 is 5.32 Å². The van der Waals surface area contributed by atoms with Crippen LogP contribution in [0.5, 0.6) is 0 Å². The van der Waals surface area contributed by atoms with Crippen LogP contribution in [0.25, 0.3) is 0 Å². The zero-order valence-electron chi connectivity index (χ0n) is 12.4. The summed E-state index contributed by atoms with van der Waals surface area (Å²) in [5, 5.41) is 3.34. The van der Waals surface area contributed by atoms with Crippen LogP contribution in [-0.2, 0) is 10.2 Å². The van der Waals surface area contributed by atoms with Gasteiger partial charge in [-0.2, -0.15) is 28.8 Å². The first-order chi connectivity index (χ1) is 9.64. The van der Waals surface area contributed by atoms with Crippen molar-refractivity contribution < 1.29 is 8.42 Å². The Bertz CT molecular complexity index is 381. The second kappa shape index (κ2) is 7.98. The van der Waals surface area contributed by atoms with Crippen molar-refractivity contribution in [1.82, 2.24) is 13.9 Å². The summed E-state index contributed by atoms with van der Waals surface area (Å²) in [6.45, 7) is 6.69. The number of thioether (sulfide) groups is 1. The number of rotatable bonds is 5. The van der Waals surface area contributed by atoms with E-state index >= 15 is 0 Å². The fraction of sp³-hybridized carbons (Fsp3) is 1.00. The van der Waals surface area contributed by atoms with Gasteiger partial charge in [0.1, 0.15) is 0 Å². The van der Waals surface area contributed by atoms with Crippen LogP contribution in [0.15, 0.2) is 0 Å². The smallest absolute Gasteiger partial charge is 0.282 e. The van der Waals surface area contributed by atoms with Crippen molar-refractivity contribution in [3.05, 3.63) is 0 Å². The van der Waals surface area contributed by atoms with E-state index < -0.39 is 10.2 Å². The molecule has 2 fully saturated rings. The maximum atomic E-state index is 12.7. The van der Waals surface area contributed by atoms with Crippen LogP contribution in [0.4, 0.5) is 0 Å². The van der Waals surface area contributed by atoms with Crippen LogP contribution in [0.2, 0.25) is 0 Å². The lowest BCUT2D eigenvalue weighted by atomic mass is 10.00. The van der Waals surface area contributed by atoms with Gasteiger partial charge in [-0.1, -0.05) is 6.92 Å². The SMILES string of the molecule is CCNCC1CCCN(S(=O)(=O)N2CCCSCC2)C1. The zero-order chi connectivity index (χ0) is 14.4. The minimum Gasteiger partial charge on any atom is -0.317 e. The Kier molecular flexibility index (Phi) is 6.61. The Labute approximate surface area is 127 Å². The van der Waals surface area contributed by atoms with Gasteiger partial charge in [-0.05, 0) is 44.0 Å². The third-order valence-corrected chi connectivity index (χ3v) is 7.05. The Morgan fingerprint density at radius 2 is 1.95 bits per heavy atom. The van der Waals surface area contributed by atoms with Crippen molar-refractivity contribution >= 4 is 22.0 Å². The van der Waals surface area contributed by atoms with Crippen LogP contribution >= 0.6 is 11.8 Å². The van der Waals surface area contributed by atoms with Gasteiger partial charge in [0.15, 0.2) is 0 Å². The molecule has 0 aromatic heterocycles. The Morgan fingerprint density at radius 3 is 2.75 bits per heavy atom. The number of hydrogen-bond acceptors (Lipinski definition) is 4. The predicted molar refractivity (Wildman–Crippen MR) is 85.3 cm³/mol. The fourth-order valence-electron chi connectivity index (χ4n) is 2.87. The first-order valence-electron chi connectivity index (χ1n) is 7.68. The average molecular weight is 322 g/mol. The third-order valence-electron chi connectivity index (χ3n) is 4.00. The molecule has 1 N–H and O–H groups in total. The topological polar surface area (TPSA) is 52.7 Å². The molecule has 2 aliphatic rings. The Balaban J connectivity index is 1.96.